The fraction of sp³-hybridized carbons (Fsp3) is 0.0357. The molecule has 128 heavy (non-hydrogen) atoms. The van der Waals surface area contributed by atoms with Crippen molar-refractivity contribution in [1.29, 1.82) is 0 Å². The highest BCUT2D eigenvalue weighted by atomic mass is 31.2. The molecule has 0 atom stereocenters. The van der Waals surface area contributed by atoms with Crippen molar-refractivity contribution in [2.24, 2.45) is 0 Å². The maximum atomic E-state index is 8.88. The van der Waals surface area contributed by atoms with Gasteiger partial charge < -0.3 is 33.9 Å². The Hall–Kier alpha value is -11.2. The Balaban J connectivity index is 0.000000148. The molecule has 0 aromatic heterocycles. The standard InChI is InChI=1S/C40H38P2.4C18H15P.2H3O4P/c1-7-21-35(22-8-1)41(36-23-9-2-10-24-36,37-25-11-3-12-26-37)33-19-20-34-42(38-27-13-4-14-28-38,39-29-15-5-16-30-39)40-31-17-6-18-32-40;4*1-4-10-16(11-5-1)19(17-12-6-2-7-13-17)18-14-8-3-9-15-18;2*1-5(2,3)4/h1-18,21-32H,19-20,33-34H2;4*1-15H;2*(H3,1,2,3,4)/q+2;;;;;;/p-2. The van der Waals surface area contributed by atoms with Crippen LogP contribution in [-0.2, 0) is 9.13 Å². The van der Waals surface area contributed by atoms with Crippen molar-refractivity contribution in [1.82, 2.24) is 0 Å². The van der Waals surface area contributed by atoms with Crippen LogP contribution < -0.4 is 105 Å². The molecule has 0 unspecified atom stereocenters. The van der Waals surface area contributed by atoms with Crippen LogP contribution in [0.1, 0.15) is 12.8 Å². The summed E-state index contributed by atoms with van der Waals surface area (Å²) in [4.78, 5) is 45.8. The maximum absolute atomic E-state index is 8.88. The quantitative estimate of drug-likeness (QED) is 0.0364. The minimum atomic E-state index is -5.14. The topological polar surface area (TPSA) is 161 Å². The second-order valence-electron chi connectivity index (χ2n) is 29.1. The molecule has 0 bridgehead atoms. The molecular formula is C112H102O8P8. The van der Waals surface area contributed by atoms with E-state index in [2.05, 4.69) is 546 Å². The van der Waals surface area contributed by atoms with Gasteiger partial charge in [-0.05, 0) is 181 Å². The molecule has 0 aliphatic rings. The van der Waals surface area contributed by atoms with E-state index in [4.69, 9.17) is 38.5 Å². The lowest BCUT2D eigenvalue weighted by molar-refractivity contribution is -0.337. The monoisotopic (exact) mass is 1820 g/mol. The van der Waals surface area contributed by atoms with Crippen molar-refractivity contribution in [3.8, 4) is 0 Å². The Morgan fingerprint density at radius 2 is 0.250 bits per heavy atom. The summed E-state index contributed by atoms with van der Waals surface area (Å²) in [5, 5.41) is 25.6. The van der Waals surface area contributed by atoms with E-state index in [1.165, 1.54) is 108 Å². The molecule has 18 aromatic carbocycles. The van der Waals surface area contributed by atoms with Crippen molar-refractivity contribution in [3.63, 3.8) is 0 Å². The van der Waals surface area contributed by atoms with Gasteiger partial charge in [-0.3, -0.25) is 0 Å². The second-order valence-corrected chi connectivity index (χ2v) is 47.2. The van der Waals surface area contributed by atoms with Gasteiger partial charge in [-0.1, -0.05) is 473 Å². The third-order valence-electron chi connectivity index (χ3n) is 20.6. The molecule has 638 valence electrons. The van der Waals surface area contributed by atoms with Gasteiger partial charge in [-0.15, -0.1) is 0 Å². The van der Waals surface area contributed by atoms with Crippen LogP contribution in [0.3, 0.4) is 0 Å². The molecule has 0 saturated heterocycles. The number of unbranched alkanes of at least 4 members (excludes halogenated alkanes) is 1. The number of hydrogen-bond acceptors (Lipinski definition) is 4. The molecule has 8 nitrogen and oxygen atoms in total. The van der Waals surface area contributed by atoms with Crippen LogP contribution in [0.2, 0.25) is 0 Å². The highest BCUT2D eigenvalue weighted by Gasteiger charge is 2.47. The van der Waals surface area contributed by atoms with E-state index in [0.717, 1.165) is 12.3 Å². The van der Waals surface area contributed by atoms with Crippen LogP contribution in [0, 0.1) is 0 Å². The maximum Gasteiger partial charge on any atom is 0.466 e. The third kappa shape index (κ3) is 29.1. The minimum absolute atomic E-state index is 0.446. The molecule has 16 heteroatoms. The van der Waals surface area contributed by atoms with E-state index in [-0.39, 0.29) is 0 Å². The molecule has 4 N–H and O–H groups in total. The fourth-order valence-electron chi connectivity index (χ4n) is 15.2. The van der Waals surface area contributed by atoms with Crippen molar-refractivity contribution in [2.75, 3.05) is 12.3 Å². The Bertz CT molecular complexity index is 4960. The summed E-state index contributed by atoms with van der Waals surface area (Å²) >= 11 is 0. The summed E-state index contributed by atoms with van der Waals surface area (Å²) in [6.07, 6.45) is 4.65. The molecule has 0 fully saturated rings. The number of phosphoric acid groups is 2. The Morgan fingerprint density at radius 1 is 0.172 bits per heavy atom. The summed E-state index contributed by atoms with van der Waals surface area (Å²) in [6, 6.07) is 197. The van der Waals surface area contributed by atoms with Crippen molar-refractivity contribution in [3.05, 3.63) is 546 Å². The van der Waals surface area contributed by atoms with Crippen molar-refractivity contribution in [2.45, 2.75) is 12.8 Å². The van der Waals surface area contributed by atoms with E-state index < -0.39 is 61.9 Å². The molecule has 0 aliphatic heterocycles. The van der Waals surface area contributed by atoms with Gasteiger partial charge in [0.15, 0.2) is 0 Å². The minimum Gasteiger partial charge on any atom is -0.790 e. The Kier molecular flexibility index (Phi) is 38.3. The SMILES string of the molecule is O=P(O)(O)O.O=P([O-])([O-])O.c1ccc(P(c2ccccc2)c2ccccc2)cc1.c1ccc(P(c2ccccc2)c2ccccc2)cc1.c1ccc(P(c2ccccc2)c2ccccc2)cc1.c1ccc(P(c2ccccc2)c2ccccc2)cc1.c1ccc([P+](CCCC[P+](c2ccccc2)(c2ccccc2)c2ccccc2)(c2ccccc2)c2ccccc2)cc1. The van der Waals surface area contributed by atoms with E-state index in [9.17, 15) is 0 Å². The van der Waals surface area contributed by atoms with E-state index in [0.29, 0.717) is 0 Å². The van der Waals surface area contributed by atoms with Crippen LogP contribution in [0.15, 0.2) is 546 Å². The van der Waals surface area contributed by atoms with Crippen LogP contribution in [-0.4, -0.2) is 31.9 Å². The third-order valence-corrected chi connectivity index (χ3v) is 39.4. The summed E-state index contributed by atoms with van der Waals surface area (Å²) < 4.78 is 17.5. The van der Waals surface area contributed by atoms with Gasteiger partial charge in [0.1, 0.15) is 46.4 Å². The first-order chi connectivity index (χ1) is 62.6. The molecule has 0 radical (unpaired) electrons. The predicted molar refractivity (Wildman–Crippen MR) is 554 cm³/mol. The normalized spacial score (nSPS) is 11.0. The van der Waals surface area contributed by atoms with Gasteiger partial charge in [0.2, 0.25) is 0 Å². The summed E-state index contributed by atoms with van der Waals surface area (Å²) in [6.45, 7) is 0. The molecule has 0 amide bonds. The molecular weight excluding hydrogens is 1720 g/mol. The first-order valence-corrected chi connectivity index (χ1v) is 54.5. The van der Waals surface area contributed by atoms with Gasteiger partial charge >= 0.3 is 7.82 Å². The van der Waals surface area contributed by atoms with Crippen LogP contribution in [0.25, 0.3) is 0 Å². The van der Waals surface area contributed by atoms with Gasteiger partial charge in [0, 0.05) is 0 Å². The lowest BCUT2D eigenvalue weighted by atomic mass is 10.3. The number of hydrogen-bond donors (Lipinski definition) is 4. The first kappa shape index (κ1) is 95.9. The average Bonchev–Trinajstić information content (AvgIpc) is 0.758. The highest BCUT2D eigenvalue weighted by Crippen LogP contribution is 2.59. The zero-order valence-electron chi connectivity index (χ0n) is 70.8. The van der Waals surface area contributed by atoms with Gasteiger partial charge in [0.25, 0.3) is 0 Å². The molecule has 18 aromatic rings. The van der Waals surface area contributed by atoms with Crippen molar-refractivity contribution < 1.29 is 38.5 Å². The van der Waals surface area contributed by atoms with E-state index in [1.54, 1.807) is 0 Å². The van der Waals surface area contributed by atoms with Crippen LogP contribution in [0.5, 0.6) is 0 Å². The van der Waals surface area contributed by atoms with E-state index in [1.807, 2.05) is 0 Å². The smallest absolute Gasteiger partial charge is 0.466 e. The zero-order valence-corrected chi connectivity index (χ0v) is 77.9. The Labute approximate surface area is 761 Å². The lowest BCUT2D eigenvalue weighted by Crippen LogP contribution is -2.34. The highest BCUT2D eigenvalue weighted by molar-refractivity contribution is 7.96. The molecule has 0 spiro atoms. The van der Waals surface area contributed by atoms with Crippen LogP contribution in [0.4, 0.5) is 0 Å². The van der Waals surface area contributed by atoms with Gasteiger partial charge in [-0.25, -0.2) is 4.57 Å². The summed E-state index contributed by atoms with van der Waals surface area (Å²) in [7, 11) is -15.2. The molecule has 0 aliphatic carbocycles. The van der Waals surface area contributed by atoms with Gasteiger partial charge in [0.05, 0.1) is 20.1 Å². The summed E-state index contributed by atoms with van der Waals surface area (Å²) in [5.41, 5.74) is 0. The van der Waals surface area contributed by atoms with Crippen LogP contribution >= 0.6 is 61.9 Å². The molecule has 18 rings (SSSR count). The second kappa shape index (κ2) is 51.1. The fourth-order valence-corrected chi connectivity index (χ4v) is 33.2. The van der Waals surface area contributed by atoms with Crippen molar-refractivity contribution >= 4 is 157 Å². The Morgan fingerprint density at radius 3 is 0.336 bits per heavy atom. The zero-order chi connectivity index (χ0) is 89.2. The van der Waals surface area contributed by atoms with E-state index >= 15 is 0 Å². The van der Waals surface area contributed by atoms with Gasteiger partial charge in [-0.2, -0.15) is 0 Å². The number of rotatable bonds is 23. The molecule has 0 heterocycles. The lowest BCUT2D eigenvalue weighted by Gasteiger charge is -2.29. The predicted octanol–water partition coefficient (Wildman–Crippen LogP) is 18.4. The summed E-state index contributed by atoms with van der Waals surface area (Å²) in [5.74, 6) is 0. The average molecular weight is 1820 g/mol. The largest absolute Gasteiger partial charge is 0.790 e. The first-order valence-electron chi connectivity index (χ1n) is 42.1. The molecule has 0 saturated carbocycles. The number of benzene rings is 18.